The van der Waals surface area contributed by atoms with E-state index in [1.165, 1.54) is 6.07 Å². The first kappa shape index (κ1) is 12.0. The van der Waals surface area contributed by atoms with Gasteiger partial charge in [-0.2, -0.15) is 0 Å². The molecule has 0 bridgehead atoms. The molecule has 0 aromatic heterocycles. The van der Waals surface area contributed by atoms with Crippen molar-refractivity contribution in [1.82, 2.24) is 5.32 Å². The summed E-state index contributed by atoms with van der Waals surface area (Å²) in [5.74, 6) is -0.306. The number of hydrogen-bond donors (Lipinski definition) is 2. The van der Waals surface area contributed by atoms with Gasteiger partial charge < -0.3 is 0 Å². The van der Waals surface area contributed by atoms with Crippen molar-refractivity contribution in [1.29, 1.82) is 0 Å². The van der Waals surface area contributed by atoms with Gasteiger partial charge in [-0.05, 0) is 0 Å². The summed E-state index contributed by atoms with van der Waals surface area (Å²) in [6, 6.07) is 6.39. The van der Waals surface area contributed by atoms with Crippen LogP contribution >= 0.6 is 0 Å². The van der Waals surface area contributed by atoms with Crippen molar-refractivity contribution < 1.29 is 12.8 Å². The van der Waals surface area contributed by atoms with Crippen LogP contribution in [0.3, 0.4) is 0 Å². The Hall–Kier alpha value is -1.03. The van der Waals surface area contributed by atoms with Crippen LogP contribution in [0.2, 0.25) is 0 Å². The number of nitrogens with one attached hydrogen (secondary N) is 1. The van der Waals surface area contributed by atoms with E-state index in [1.54, 1.807) is 18.2 Å². The van der Waals surface area contributed by atoms with Gasteiger partial charge in [-0.25, -0.2) is 0 Å². The van der Waals surface area contributed by atoms with Gasteiger partial charge in [-0.15, -0.1) is 0 Å². The summed E-state index contributed by atoms with van der Waals surface area (Å²) in [5, 5.41) is 2.69. The van der Waals surface area contributed by atoms with Crippen LogP contribution in [0, 0.1) is 0 Å². The molecular formula is C10H13NO3Se. The molecule has 1 amide bonds. The van der Waals surface area contributed by atoms with E-state index in [-0.39, 0.29) is 22.0 Å². The zero-order chi connectivity index (χ0) is 11.4. The van der Waals surface area contributed by atoms with Crippen LogP contribution in [-0.2, 0) is 3.83 Å². The van der Waals surface area contributed by atoms with E-state index in [4.69, 9.17) is 4.19 Å². The molecule has 0 saturated heterocycles. The molecule has 0 saturated carbocycles. The predicted molar refractivity (Wildman–Crippen MR) is 57.3 cm³/mol. The molecule has 5 heteroatoms. The third kappa shape index (κ3) is 3.23. The third-order valence-electron chi connectivity index (χ3n) is 1.74. The van der Waals surface area contributed by atoms with Crippen molar-refractivity contribution in [2.24, 2.45) is 0 Å². The predicted octanol–water partition coefficient (Wildman–Crippen LogP) is -0.0572. The van der Waals surface area contributed by atoms with E-state index in [1.807, 2.05) is 13.8 Å². The first-order valence-corrected chi connectivity index (χ1v) is 6.85. The van der Waals surface area contributed by atoms with E-state index in [9.17, 15) is 8.63 Å². The van der Waals surface area contributed by atoms with E-state index in [0.29, 0.717) is 0 Å². The molecule has 82 valence electrons. The zero-order valence-corrected chi connectivity index (χ0v) is 10.3. The molecular weight excluding hydrogens is 261 g/mol. The van der Waals surface area contributed by atoms with Crippen LogP contribution in [0.25, 0.3) is 0 Å². The normalized spacial score (nSPS) is 12.5. The maximum atomic E-state index is 11.6. The van der Waals surface area contributed by atoms with Crippen LogP contribution in [0.15, 0.2) is 24.3 Å². The molecule has 0 aliphatic rings. The van der Waals surface area contributed by atoms with Gasteiger partial charge in [0.2, 0.25) is 0 Å². The van der Waals surface area contributed by atoms with Gasteiger partial charge in [0, 0.05) is 0 Å². The minimum atomic E-state index is -3.05. The Kier molecular flexibility index (Phi) is 4.15. The van der Waals surface area contributed by atoms with Crippen molar-refractivity contribution in [3.63, 3.8) is 0 Å². The van der Waals surface area contributed by atoms with Crippen molar-refractivity contribution in [2.45, 2.75) is 19.9 Å². The SMILES string of the molecule is CC(C)NC(=O)c1ccccc1[Se](=O)O. The molecule has 15 heavy (non-hydrogen) atoms. The van der Waals surface area contributed by atoms with Crippen LogP contribution in [0.5, 0.6) is 0 Å². The molecule has 0 radical (unpaired) electrons. The van der Waals surface area contributed by atoms with Crippen molar-refractivity contribution in [2.75, 3.05) is 0 Å². The molecule has 0 fully saturated rings. The number of carbonyl (C=O) groups excluding carboxylic acids is 1. The first-order chi connectivity index (χ1) is 7.02. The molecule has 1 atom stereocenters. The van der Waals surface area contributed by atoms with E-state index < -0.39 is 14.2 Å². The average Bonchev–Trinajstić information content (AvgIpc) is 2.16. The van der Waals surface area contributed by atoms with Gasteiger partial charge in [0.05, 0.1) is 0 Å². The Labute approximate surface area is 92.7 Å². The Bertz CT molecular complexity index is 390. The Morgan fingerprint density at radius 3 is 2.53 bits per heavy atom. The van der Waals surface area contributed by atoms with Crippen molar-refractivity contribution in [3.8, 4) is 0 Å². The molecule has 0 heterocycles. The Balaban J connectivity index is 3.03. The van der Waals surface area contributed by atoms with Crippen LogP contribution in [-0.4, -0.2) is 30.3 Å². The first-order valence-electron chi connectivity index (χ1n) is 4.53. The van der Waals surface area contributed by atoms with E-state index in [2.05, 4.69) is 5.32 Å². The number of benzene rings is 1. The van der Waals surface area contributed by atoms with Gasteiger partial charge >= 0.3 is 92.4 Å². The molecule has 2 N–H and O–H groups in total. The standard InChI is InChI=1S/C10H13NO3Se/c1-7(2)11-10(12)8-5-3-4-6-9(8)15(13)14/h3-7H,1-2H3,(H,11,12)(H,13,14). The maximum absolute atomic E-state index is 11.6. The summed E-state index contributed by atoms with van der Waals surface area (Å²) in [6.45, 7) is 3.68. The quantitative estimate of drug-likeness (QED) is 0.759. The van der Waals surface area contributed by atoms with Crippen LogP contribution in [0.1, 0.15) is 24.2 Å². The summed E-state index contributed by atoms with van der Waals surface area (Å²) in [4.78, 5) is 11.6. The molecule has 0 aliphatic heterocycles. The minimum absolute atomic E-state index is 0.00866. The summed E-state index contributed by atoms with van der Waals surface area (Å²) in [6.07, 6.45) is 0. The fraction of sp³-hybridized carbons (Fsp3) is 0.300. The van der Waals surface area contributed by atoms with Crippen LogP contribution in [0.4, 0.5) is 0 Å². The van der Waals surface area contributed by atoms with Crippen molar-refractivity contribution >= 4 is 24.5 Å². The number of hydrogen-bond acceptors (Lipinski definition) is 2. The molecule has 4 nitrogen and oxygen atoms in total. The molecule has 1 aromatic carbocycles. The van der Waals surface area contributed by atoms with E-state index >= 15 is 0 Å². The number of rotatable bonds is 3. The van der Waals surface area contributed by atoms with Crippen molar-refractivity contribution in [3.05, 3.63) is 29.8 Å². The number of carbonyl (C=O) groups is 1. The summed E-state index contributed by atoms with van der Waals surface area (Å²) in [5.41, 5.74) is 0.286. The molecule has 1 unspecified atom stereocenters. The molecule has 1 rings (SSSR count). The van der Waals surface area contributed by atoms with Gasteiger partial charge in [0.25, 0.3) is 0 Å². The molecule has 1 aromatic rings. The van der Waals surface area contributed by atoms with Crippen LogP contribution < -0.4 is 9.78 Å². The monoisotopic (exact) mass is 275 g/mol. The Morgan fingerprint density at radius 2 is 2.00 bits per heavy atom. The molecule has 0 spiro atoms. The summed E-state index contributed by atoms with van der Waals surface area (Å²) >= 11 is -3.05. The topological polar surface area (TPSA) is 66.4 Å². The second kappa shape index (κ2) is 5.16. The second-order valence-electron chi connectivity index (χ2n) is 3.37. The van der Waals surface area contributed by atoms with E-state index in [0.717, 1.165) is 0 Å². The number of amides is 1. The fourth-order valence-electron chi connectivity index (χ4n) is 1.15. The zero-order valence-electron chi connectivity index (χ0n) is 8.56. The second-order valence-corrected chi connectivity index (χ2v) is 5.34. The summed E-state index contributed by atoms with van der Waals surface area (Å²) < 4.78 is 20.3. The fourth-order valence-corrected chi connectivity index (χ4v) is 2.29. The molecule has 0 aliphatic carbocycles. The average molecular weight is 274 g/mol. The van der Waals surface area contributed by atoms with Gasteiger partial charge in [-0.1, -0.05) is 0 Å². The van der Waals surface area contributed by atoms with Gasteiger partial charge in [0.1, 0.15) is 0 Å². The third-order valence-corrected chi connectivity index (χ3v) is 3.28. The van der Waals surface area contributed by atoms with Gasteiger partial charge in [0.15, 0.2) is 0 Å². The van der Waals surface area contributed by atoms with Gasteiger partial charge in [-0.3, -0.25) is 0 Å². The Morgan fingerprint density at radius 1 is 1.40 bits per heavy atom. The summed E-state index contributed by atoms with van der Waals surface area (Å²) in [7, 11) is 0.